The molecule has 1 heterocycles. The Labute approximate surface area is 171 Å². The highest BCUT2D eigenvalue weighted by molar-refractivity contribution is 6.34. The Balaban J connectivity index is 1.53. The molecule has 0 fully saturated rings. The predicted molar refractivity (Wildman–Crippen MR) is 112 cm³/mol. The lowest BCUT2D eigenvalue weighted by atomic mass is 10.1. The van der Waals surface area contributed by atoms with Crippen molar-refractivity contribution in [2.45, 2.75) is 13.2 Å². The maximum Gasteiger partial charge on any atom is 0.261 e. The molecule has 4 rings (SSSR count). The largest absolute Gasteiger partial charge is 0.487 e. The van der Waals surface area contributed by atoms with Crippen molar-refractivity contribution < 1.29 is 4.74 Å². The zero-order valence-corrected chi connectivity index (χ0v) is 16.3. The summed E-state index contributed by atoms with van der Waals surface area (Å²) < 4.78 is 7.40. The molecule has 0 saturated heterocycles. The third-order valence-corrected chi connectivity index (χ3v) is 4.91. The maximum absolute atomic E-state index is 12.7. The zero-order chi connectivity index (χ0) is 19.5. The van der Waals surface area contributed by atoms with Gasteiger partial charge in [0.05, 0.1) is 28.8 Å². The van der Waals surface area contributed by atoms with Crippen LogP contribution in [0.4, 0.5) is 0 Å². The highest BCUT2D eigenvalue weighted by Crippen LogP contribution is 2.28. The first-order chi connectivity index (χ1) is 13.6. The fourth-order valence-corrected chi connectivity index (χ4v) is 3.32. The van der Waals surface area contributed by atoms with E-state index in [1.807, 2.05) is 42.5 Å². The Morgan fingerprint density at radius 2 is 1.75 bits per heavy atom. The molecular weight excluding hydrogens is 395 g/mol. The van der Waals surface area contributed by atoms with Crippen molar-refractivity contribution in [1.29, 1.82) is 0 Å². The molecule has 0 aliphatic heterocycles. The Morgan fingerprint density at radius 3 is 2.64 bits per heavy atom. The number of benzene rings is 3. The zero-order valence-electron chi connectivity index (χ0n) is 14.8. The highest BCUT2D eigenvalue weighted by atomic mass is 35.5. The minimum atomic E-state index is -0.0574. The number of rotatable bonds is 5. The topological polar surface area (TPSA) is 44.1 Å². The molecule has 6 heteroatoms. The molecule has 0 aliphatic carbocycles. The summed E-state index contributed by atoms with van der Waals surface area (Å²) in [5.41, 5.74) is 2.59. The van der Waals surface area contributed by atoms with Gasteiger partial charge in [-0.1, -0.05) is 59.6 Å². The van der Waals surface area contributed by atoms with Gasteiger partial charge >= 0.3 is 0 Å². The third-order valence-electron chi connectivity index (χ3n) is 4.36. The monoisotopic (exact) mass is 410 g/mol. The minimum absolute atomic E-state index is 0.0574. The van der Waals surface area contributed by atoms with E-state index >= 15 is 0 Å². The van der Waals surface area contributed by atoms with E-state index in [0.717, 1.165) is 11.1 Å². The number of halogens is 2. The normalized spacial score (nSPS) is 10.9. The second-order valence-electron chi connectivity index (χ2n) is 6.38. The Bertz CT molecular complexity index is 1200. The van der Waals surface area contributed by atoms with Gasteiger partial charge in [0.15, 0.2) is 0 Å². The van der Waals surface area contributed by atoms with Crippen molar-refractivity contribution in [1.82, 2.24) is 9.55 Å². The van der Waals surface area contributed by atoms with E-state index in [2.05, 4.69) is 4.98 Å². The van der Waals surface area contributed by atoms with Crippen molar-refractivity contribution in [2.75, 3.05) is 0 Å². The summed E-state index contributed by atoms with van der Waals surface area (Å²) >= 11 is 12.1. The predicted octanol–water partition coefficient (Wildman–Crippen LogP) is 5.33. The molecule has 4 nitrogen and oxygen atoms in total. The van der Waals surface area contributed by atoms with E-state index in [1.165, 1.54) is 0 Å². The van der Waals surface area contributed by atoms with Crippen LogP contribution in [0.15, 0.2) is 77.9 Å². The molecule has 28 heavy (non-hydrogen) atoms. The fourth-order valence-electron chi connectivity index (χ4n) is 2.98. The van der Waals surface area contributed by atoms with Crippen LogP contribution >= 0.6 is 23.2 Å². The lowest BCUT2D eigenvalue weighted by molar-refractivity contribution is 0.306. The number of nitrogens with zero attached hydrogens (tertiary/aromatic N) is 2. The summed E-state index contributed by atoms with van der Waals surface area (Å²) in [7, 11) is 0. The number of hydrogen-bond acceptors (Lipinski definition) is 3. The first kappa shape index (κ1) is 18.5. The van der Waals surface area contributed by atoms with Crippen molar-refractivity contribution in [3.63, 3.8) is 0 Å². The van der Waals surface area contributed by atoms with Gasteiger partial charge in [-0.05, 0) is 35.4 Å². The van der Waals surface area contributed by atoms with Crippen molar-refractivity contribution in [3.8, 4) is 5.75 Å². The molecule has 0 saturated carbocycles. The van der Waals surface area contributed by atoms with Crippen LogP contribution in [0.1, 0.15) is 11.1 Å². The molecule has 0 radical (unpaired) electrons. The summed E-state index contributed by atoms with van der Waals surface area (Å²) in [6, 6.07) is 20.3. The van der Waals surface area contributed by atoms with Crippen LogP contribution in [0, 0.1) is 0 Å². The maximum atomic E-state index is 12.7. The van der Waals surface area contributed by atoms with Crippen LogP contribution < -0.4 is 10.3 Å². The SMILES string of the molecule is O=c1c2ccccc2ncn1Cc1cccc(COc2cc(Cl)ccc2Cl)c1. The first-order valence-electron chi connectivity index (χ1n) is 8.70. The Hall–Kier alpha value is -2.82. The standard InChI is InChI=1S/C22H16Cl2N2O2/c23-17-8-9-19(24)21(11-17)28-13-16-5-3-4-15(10-16)12-26-14-25-20-7-2-1-6-18(20)22(26)27/h1-11,14H,12-13H2. The van der Waals surface area contributed by atoms with Gasteiger partial charge in [-0.3, -0.25) is 9.36 Å². The molecule has 0 aliphatic rings. The molecule has 1 aromatic heterocycles. The minimum Gasteiger partial charge on any atom is -0.487 e. The molecule has 0 spiro atoms. The van der Waals surface area contributed by atoms with E-state index in [0.29, 0.717) is 39.8 Å². The van der Waals surface area contributed by atoms with E-state index in [9.17, 15) is 4.79 Å². The third kappa shape index (κ3) is 4.03. The molecule has 0 unspecified atom stereocenters. The lowest BCUT2D eigenvalue weighted by Gasteiger charge is -2.11. The first-order valence-corrected chi connectivity index (χ1v) is 9.45. The Morgan fingerprint density at radius 1 is 0.929 bits per heavy atom. The van der Waals surface area contributed by atoms with Crippen LogP contribution in [0.3, 0.4) is 0 Å². The van der Waals surface area contributed by atoms with E-state index in [-0.39, 0.29) is 5.56 Å². The number of ether oxygens (including phenoxy) is 1. The molecule has 0 bridgehead atoms. The smallest absolute Gasteiger partial charge is 0.261 e. The van der Waals surface area contributed by atoms with Gasteiger partial charge in [-0.2, -0.15) is 0 Å². The van der Waals surface area contributed by atoms with Gasteiger partial charge in [0.25, 0.3) is 5.56 Å². The van der Waals surface area contributed by atoms with E-state index < -0.39 is 0 Å². The van der Waals surface area contributed by atoms with Crippen LogP contribution in [0.5, 0.6) is 5.75 Å². The molecular formula is C22H16Cl2N2O2. The summed E-state index contributed by atoms with van der Waals surface area (Å²) in [5.74, 6) is 0.537. The average molecular weight is 411 g/mol. The average Bonchev–Trinajstić information content (AvgIpc) is 2.71. The van der Waals surface area contributed by atoms with E-state index in [4.69, 9.17) is 27.9 Å². The van der Waals surface area contributed by atoms with Crippen molar-refractivity contribution in [3.05, 3.63) is 105 Å². The molecule has 4 aromatic rings. The van der Waals surface area contributed by atoms with Crippen LogP contribution in [-0.4, -0.2) is 9.55 Å². The van der Waals surface area contributed by atoms with Gasteiger partial charge < -0.3 is 4.74 Å². The second-order valence-corrected chi connectivity index (χ2v) is 7.22. The fraction of sp³-hybridized carbons (Fsp3) is 0.0909. The van der Waals surface area contributed by atoms with Gasteiger partial charge in [0, 0.05) is 11.1 Å². The highest BCUT2D eigenvalue weighted by Gasteiger charge is 2.06. The second kappa shape index (κ2) is 8.05. The summed E-state index contributed by atoms with van der Waals surface area (Å²) in [6.07, 6.45) is 1.58. The number of fused-ring (bicyclic) bond motifs is 1. The van der Waals surface area contributed by atoms with Gasteiger partial charge in [0.2, 0.25) is 0 Å². The summed E-state index contributed by atoms with van der Waals surface area (Å²) in [5, 5.41) is 1.69. The van der Waals surface area contributed by atoms with Gasteiger partial charge in [0.1, 0.15) is 12.4 Å². The van der Waals surface area contributed by atoms with Crippen LogP contribution in [0.2, 0.25) is 10.0 Å². The Kier molecular flexibility index (Phi) is 5.33. The molecule has 0 amide bonds. The summed E-state index contributed by atoms with van der Waals surface area (Å²) in [4.78, 5) is 17.0. The van der Waals surface area contributed by atoms with Crippen molar-refractivity contribution >= 4 is 34.1 Å². The molecule has 0 atom stereocenters. The number of aromatic nitrogens is 2. The summed E-state index contributed by atoms with van der Waals surface area (Å²) in [6.45, 7) is 0.779. The van der Waals surface area contributed by atoms with Crippen LogP contribution in [0.25, 0.3) is 10.9 Å². The quantitative estimate of drug-likeness (QED) is 0.446. The van der Waals surface area contributed by atoms with Gasteiger partial charge in [-0.25, -0.2) is 4.98 Å². The van der Waals surface area contributed by atoms with Crippen LogP contribution in [-0.2, 0) is 13.2 Å². The molecule has 3 aromatic carbocycles. The van der Waals surface area contributed by atoms with E-state index in [1.54, 1.807) is 35.2 Å². The van der Waals surface area contributed by atoms with Crippen molar-refractivity contribution in [2.24, 2.45) is 0 Å². The molecule has 140 valence electrons. The lowest BCUT2D eigenvalue weighted by Crippen LogP contribution is -2.21. The number of hydrogen-bond donors (Lipinski definition) is 0. The van der Waals surface area contributed by atoms with Gasteiger partial charge in [-0.15, -0.1) is 0 Å². The number of para-hydroxylation sites is 1. The molecule has 0 N–H and O–H groups in total.